The van der Waals surface area contributed by atoms with E-state index in [1.807, 2.05) is 0 Å². The third-order valence-electron chi connectivity index (χ3n) is 3.99. The number of carbonyl (C=O) groups is 2. The number of nitrogens with one attached hydrogen (secondary N) is 2. The summed E-state index contributed by atoms with van der Waals surface area (Å²) in [6.45, 7) is 3.22. The van der Waals surface area contributed by atoms with Gasteiger partial charge in [-0.05, 0) is 0 Å². The van der Waals surface area contributed by atoms with Crippen LogP contribution in [0.4, 0.5) is 0 Å². The van der Waals surface area contributed by atoms with E-state index in [1.54, 1.807) is 12.0 Å². The van der Waals surface area contributed by atoms with E-state index in [9.17, 15) is 14.7 Å². The fourth-order valence-corrected chi connectivity index (χ4v) is 2.67. The van der Waals surface area contributed by atoms with Gasteiger partial charge in [0.25, 0.3) is 0 Å². The van der Waals surface area contributed by atoms with Gasteiger partial charge < -0.3 is 25.4 Å². The van der Waals surface area contributed by atoms with E-state index in [4.69, 9.17) is 4.74 Å². The molecule has 20 heavy (non-hydrogen) atoms. The monoisotopic (exact) mass is 285 g/mol. The van der Waals surface area contributed by atoms with Gasteiger partial charge in [-0.1, -0.05) is 0 Å². The van der Waals surface area contributed by atoms with E-state index in [0.717, 1.165) is 0 Å². The predicted molar refractivity (Wildman–Crippen MR) is 71.9 cm³/mol. The number of carbonyl (C=O) groups excluding carboxylic acids is 2. The number of aliphatic hydroxyl groups excluding tert-OH is 1. The third kappa shape index (κ3) is 3.68. The van der Waals surface area contributed by atoms with Gasteiger partial charge in [0, 0.05) is 52.2 Å². The van der Waals surface area contributed by atoms with Crippen molar-refractivity contribution in [1.29, 1.82) is 0 Å². The molecule has 0 aliphatic carbocycles. The van der Waals surface area contributed by atoms with Gasteiger partial charge in [-0.3, -0.25) is 9.59 Å². The van der Waals surface area contributed by atoms with Crippen molar-refractivity contribution in [3.63, 3.8) is 0 Å². The molecule has 0 aromatic rings. The normalized spacial score (nSPS) is 30.0. The van der Waals surface area contributed by atoms with Crippen LogP contribution in [0.3, 0.4) is 0 Å². The maximum absolute atomic E-state index is 12.1. The molecular formula is C13H23N3O4. The van der Waals surface area contributed by atoms with Crippen molar-refractivity contribution in [2.75, 3.05) is 46.4 Å². The lowest BCUT2D eigenvalue weighted by Gasteiger charge is -2.17. The zero-order valence-electron chi connectivity index (χ0n) is 11.8. The van der Waals surface area contributed by atoms with E-state index in [1.165, 1.54) is 0 Å². The average Bonchev–Trinajstić information content (AvgIpc) is 3.00. The third-order valence-corrected chi connectivity index (χ3v) is 3.99. The molecule has 0 spiro atoms. The summed E-state index contributed by atoms with van der Waals surface area (Å²) >= 11 is 0. The first-order valence-corrected chi connectivity index (χ1v) is 7.05. The number of likely N-dealkylation sites (tertiary alicyclic amines) is 1. The summed E-state index contributed by atoms with van der Waals surface area (Å²) in [5.41, 5.74) is 0. The first kappa shape index (κ1) is 15.2. The topological polar surface area (TPSA) is 90.9 Å². The summed E-state index contributed by atoms with van der Waals surface area (Å²) in [6, 6.07) is 0. The smallest absolute Gasteiger partial charge is 0.225 e. The zero-order valence-corrected chi connectivity index (χ0v) is 11.8. The molecule has 0 aromatic carbocycles. The lowest BCUT2D eigenvalue weighted by molar-refractivity contribution is -0.129. The number of β-amino-alcohol motifs (C(OH)–C–C–N with tert-alkyl or cyclic N) is 1. The van der Waals surface area contributed by atoms with Gasteiger partial charge in [0.2, 0.25) is 11.8 Å². The van der Waals surface area contributed by atoms with Gasteiger partial charge in [-0.15, -0.1) is 0 Å². The van der Waals surface area contributed by atoms with Crippen molar-refractivity contribution >= 4 is 11.8 Å². The molecule has 3 atom stereocenters. The number of rotatable bonds is 6. The minimum atomic E-state index is -0.404. The highest BCUT2D eigenvalue weighted by atomic mass is 16.5. The molecule has 7 heteroatoms. The summed E-state index contributed by atoms with van der Waals surface area (Å²) in [5.74, 6) is -0.325. The molecule has 2 rings (SSSR count). The van der Waals surface area contributed by atoms with Gasteiger partial charge in [0.1, 0.15) is 0 Å². The van der Waals surface area contributed by atoms with Crippen molar-refractivity contribution in [2.45, 2.75) is 12.5 Å². The van der Waals surface area contributed by atoms with Crippen LogP contribution < -0.4 is 10.6 Å². The Morgan fingerprint density at radius 1 is 1.55 bits per heavy atom. The lowest BCUT2D eigenvalue weighted by Crippen LogP contribution is -2.38. The van der Waals surface area contributed by atoms with Gasteiger partial charge in [0.15, 0.2) is 0 Å². The Balaban J connectivity index is 1.74. The molecule has 114 valence electrons. The highest BCUT2D eigenvalue weighted by Crippen LogP contribution is 2.18. The Morgan fingerprint density at radius 2 is 2.35 bits per heavy atom. The Labute approximate surface area is 118 Å². The molecule has 2 aliphatic rings. The molecule has 2 aliphatic heterocycles. The summed E-state index contributed by atoms with van der Waals surface area (Å²) in [7, 11) is 1.59. The molecule has 0 aromatic heterocycles. The molecule has 2 saturated heterocycles. The molecule has 3 N–H and O–H groups in total. The second kappa shape index (κ2) is 7.01. The number of ether oxygens (including phenoxy) is 1. The quantitative estimate of drug-likeness (QED) is 0.534. The van der Waals surface area contributed by atoms with E-state index in [-0.39, 0.29) is 30.1 Å². The molecule has 2 heterocycles. The second-order valence-corrected chi connectivity index (χ2v) is 5.46. The zero-order chi connectivity index (χ0) is 14.5. The fraction of sp³-hybridized carbons (Fsp3) is 0.846. The number of hydrogen-bond acceptors (Lipinski definition) is 5. The minimum absolute atomic E-state index is 0.00441. The number of methoxy groups -OCH3 is 1. The summed E-state index contributed by atoms with van der Waals surface area (Å²) in [6.07, 6.45) is -0.139. The van der Waals surface area contributed by atoms with E-state index in [0.29, 0.717) is 39.3 Å². The molecule has 0 radical (unpaired) electrons. The molecule has 3 unspecified atom stereocenters. The number of hydrogen-bond donors (Lipinski definition) is 3. The Bertz CT molecular complexity index is 364. The van der Waals surface area contributed by atoms with Crippen molar-refractivity contribution in [3.05, 3.63) is 0 Å². The van der Waals surface area contributed by atoms with Crippen LogP contribution in [0.5, 0.6) is 0 Å². The summed E-state index contributed by atoms with van der Waals surface area (Å²) in [5, 5.41) is 15.6. The highest BCUT2D eigenvalue weighted by molar-refractivity contribution is 5.89. The van der Waals surface area contributed by atoms with E-state index in [2.05, 4.69) is 10.6 Å². The molecule has 0 saturated carbocycles. The predicted octanol–water partition coefficient (Wildman–Crippen LogP) is -1.82. The van der Waals surface area contributed by atoms with Gasteiger partial charge in [0.05, 0.1) is 18.6 Å². The number of amides is 2. The van der Waals surface area contributed by atoms with Crippen molar-refractivity contribution in [3.8, 4) is 0 Å². The maximum atomic E-state index is 12.1. The molecule has 2 fully saturated rings. The maximum Gasteiger partial charge on any atom is 0.225 e. The second-order valence-electron chi connectivity index (χ2n) is 5.46. The van der Waals surface area contributed by atoms with Crippen LogP contribution in [-0.4, -0.2) is 74.4 Å². The van der Waals surface area contributed by atoms with Crippen LogP contribution in [0.25, 0.3) is 0 Å². The Hall–Kier alpha value is -1.18. The standard InChI is InChI=1S/C13H23N3O4/c1-20-3-2-16-8-9(4-12(16)18)13(19)15-6-10-5-14-7-11(10)17/h9-11,14,17H,2-8H2,1H3,(H,15,19). The Kier molecular flexibility index (Phi) is 5.33. The van der Waals surface area contributed by atoms with Crippen LogP contribution in [0, 0.1) is 11.8 Å². The van der Waals surface area contributed by atoms with Crippen molar-refractivity contribution in [2.24, 2.45) is 11.8 Å². The van der Waals surface area contributed by atoms with Crippen LogP contribution >= 0.6 is 0 Å². The molecule has 7 nitrogen and oxygen atoms in total. The summed E-state index contributed by atoms with van der Waals surface area (Å²) in [4.78, 5) is 25.5. The Morgan fingerprint density at radius 3 is 3.00 bits per heavy atom. The molecule has 0 bridgehead atoms. The highest BCUT2D eigenvalue weighted by Gasteiger charge is 2.34. The average molecular weight is 285 g/mol. The lowest BCUT2D eigenvalue weighted by atomic mass is 10.0. The van der Waals surface area contributed by atoms with E-state index < -0.39 is 6.10 Å². The number of nitrogens with zero attached hydrogens (tertiary/aromatic N) is 1. The SMILES string of the molecule is COCCN1CC(C(=O)NCC2CNCC2O)CC1=O. The molecule has 2 amide bonds. The van der Waals surface area contributed by atoms with Crippen LogP contribution in [-0.2, 0) is 14.3 Å². The summed E-state index contributed by atoms with van der Waals surface area (Å²) < 4.78 is 4.95. The van der Waals surface area contributed by atoms with Crippen LogP contribution in [0.1, 0.15) is 6.42 Å². The first-order chi connectivity index (χ1) is 9.61. The van der Waals surface area contributed by atoms with E-state index >= 15 is 0 Å². The minimum Gasteiger partial charge on any atom is -0.391 e. The van der Waals surface area contributed by atoms with Gasteiger partial charge >= 0.3 is 0 Å². The number of aliphatic hydroxyl groups is 1. The fourth-order valence-electron chi connectivity index (χ4n) is 2.67. The van der Waals surface area contributed by atoms with Crippen LogP contribution in [0.15, 0.2) is 0 Å². The van der Waals surface area contributed by atoms with Gasteiger partial charge in [-0.25, -0.2) is 0 Å². The van der Waals surface area contributed by atoms with Crippen molar-refractivity contribution in [1.82, 2.24) is 15.5 Å². The van der Waals surface area contributed by atoms with Gasteiger partial charge in [-0.2, -0.15) is 0 Å². The first-order valence-electron chi connectivity index (χ1n) is 7.05. The largest absolute Gasteiger partial charge is 0.391 e. The molecular weight excluding hydrogens is 262 g/mol. The van der Waals surface area contributed by atoms with Crippen LogP contribution in [0.2, 0.25) is 0 Å². The van der Waals surface area contributed by atoms with Crippen molar-refractivity contribution < 1.29 is 19.4 Å².